The summed E-state index contributed by atoms with van der Waals surface area (Å²) >= 11 is 0. The lowest BCUT2D eigenvalue weighted by Gasteiger charge is -2.35. The van der Waals surface area contributed by atoms with Crippen molar-refractivity contribution in [3.63, 3.8) is 0 Å². The van der Waals surface area contributed by atoms with Gasteiger partial charge in [0.2, 0.25) is 0 Å². The van der Waals surface area contributed by atoms with Crippen molar-refractivity contribution in [2.75, 3.05) is 46.4 Å². The number of benzene rings is 1. The van der Waals surface area contributed by atoms with E-state index >= 15 is 0 Å². The second kappa shape index (κ2) is 14.3. The van der Waals surface area contributed by atoms with E-state index in [-0.39, 0.29) is 24.0 Å². The molecular weight excluding hydrogens is 503 g/mol. The van der Waals surface area contributed by atoms with Gasteiger partial charge in [0.1, 0.15) is 0 Å². The number of piperidine rings is 1. The average Bonchev–Trinajstić information content (AvgIpc) is 3.30. The summed E-state index contributed by atoms with van der Waals surface area (Å²) in [5.74, 6) is 1.04. The Morgan fingerprint density at radius 3 is 2.65 bits per heavy atom. The number of nitrogens with zero attached hydrogens (tertiary/aromatic N) is 3. The van der Waals surface area contributed by atoms with Gasteiger partial charge in [-0.2, -0.15) is 0 Å². The average molecular weight is 545 g/mol. The number of likely N-dealkylation sites (N-methyl/N-ethyl adjacent to an activating group) is 1. The van der Waals surface area contributed by atoms with Crippen LogP contribution in [0.15, 0.2) is 35.3 Å². The summed E-state index contributed by atoms with van der Waals surface area (Å²) in [6.07, 6.45) is 5.10. The molecule has 1 aromatic carbocycles. The molecule has 6 nitrogen and oxygen atoms in total. The van der Waals surface area contributed by atoms with Crippen LogP contribution in [0.25, 0.3) is 0 Å². The summed E-state index contributed by atoms with van der Waals surface area (Å²) in [6.45, 7) is 10.7. The molecule has 31 heavy (non-hydrogen) atoms. The van der Waals surface area contributed by atoms with E-state index in [1.54, 1.807) is 0 Å². The van der Waals surface area contributed by atoms with E-state index in [0.717, 1.165) is 71.2 Å². The van der Waals surface area contributed by atoms with Gasteiger partial charge in [-0.15, -0.1) is 24.0 Å². The molecule has 2 saturated heterocycles. The maximum Gasteiger partial charge on any atom is 0.193 e. The SMILES string of the molecule is CCNC(=NCC(C)N(C)Cc1ccccc1)N1CCC(OCC2CCCO2)CC1.I. The molecule has 0 saturated carbocycles. The van der Waals surface area contributed by atoms with Crippen molar-refractivity contribution in [2.24, 2.45) is 4.99 Å². The molecule has 2 atom stereocenters. The molecule has 0 aromatic heterocycles. The fourth-order valence-corrected chi connectivity index (χ4v) is 4.06. The first-order valence-corrected chi connectivity index (χ1v) is 11.7. The van der Waals surface area contributed by atoms with Gasteiger partial charge >= 0.3 is 0 Å². The molecule has 2 heterocycles. The molecule has 176 valence electrons. The number of likely N-dealkylation sites (tertiary alicyclic amines) is 1. The van der Waals surface area contributed by atoms with Crippen LogP contribution < -0.4 is 5.32 Å². The molecular formula is C24H41IN4O2. The number of nitrogens with one attached hydrogen (secondary N) is 1. The molecule has 1 N–H and O–H groups in total. The molecule has 2 unspecified atom stereocenters. The van der Waals surface area contributed by atoms with E-state index in [1.165, 1.54) is 12.0 Å². The van der Waals surface area contributed by atoms with Crippen LogP contribution in [0.5, 0.6) is 0 Å². The third kappa shape index (κ3) is 8.86. The van der Waals surface area contributed by atoms with E-state index in [2.05, 4.69) is 66.3 Å². The molecule has 2 fully saturated rings. The van der Waals surface area contributed by atoms with Crippen LogP contribution in [0.1, 0.15) is 45.1 Å². The Balaban J connectivity index is 0.00000341. The van der Waals surface area contributed by atoms with Gasteiger partial charge < -0.3 is 19.7 Å². The van der Waals surface area contributed by atoms with Crippen LogP contribution in [0.4, 0.5) is 0 Å². The first-order chi connectivity index (χ1) is 14.7. The summed E-state index contributed by atoms with van der Waals surface area (Å²) < 4.78 is 11.8. The number of hydrogen-bond acceptors (Lipinski definition) is 4. The van der Waals surface area contributed by atoms with Crippen LogP contribution in [0.2, 0.25) is 0 Å². The maximum atomic E-state index is 6.12. The Hall–Kier alpha value is -0.900. The van der Waals surface area contributed by atoms with Gasteiger partial charge in [0.15, 0.2) is 5.96 Å². The second-order valence-electron chi connectivity index (χ2n) is 8.60. The minimum Gasteiger partial charge on any atom is -0.376 e. The van der Waals surface area contributed by atoms with Gasteiger partial charge in [-0.05, 0) is 52.1 Å². The van der Waals surface area contributed by atoms with Gasteiger partial charge in [0.25, 0.3) is 0 Å². The van der Waals surface area contributed by atoms with E-state index < -0.39 is 0 Å². The van der Waals surface area contributed by atoms with Crippen molar-refractivity contribution < 1.29 is 9.47 Å². The summed E-state index contributed by atoms with van der Waals surface area (Å²) in [5.41, 5.74) is 1.34. The summed E-state index contributed by atoms with van der Waals surface area (Å²) in [7, 11) is 2.18. The fraction of sp³-hybridized carbons (Fsp3) is 0.708. The number of rotatable bonds is 9. The zero-order valence-corrected chi connectivity index (χ0v) is 21.8. The standard InChI is InChI=1S/C24H40N4O2.HI/c1-4-25-24(26-17-20(2)27(3)18-21-9-6-5-7-10-21)28-14-12-22(13-15-28)30-19-23-11-8-16-29-23;/h5-7,9-10,20,22-23H,4,8,11-19H2,1-3H3,(H,25,26);1H. The van der Waals surface area contributed by atoms with Gasteiger partial charge in [0.05, 0.1) is 25.4 Å². The summed E-state index contributed by atoms with van der Waals surface area (Å²) in [5, 5.41) is 3.48. The minimum atomic E-state index is 0. The lowest BCUT2D eigenvalue weighted by Crippen LogP contribution is -2.47. The molecule has 2 aliphatic heterocycles. The molecule has 7 heteroatoms. The van der Waals surface area contributed by atoms with Crippen LogP contribution in [-0.2, 0) is 16.0 Å². The Kier molecular flexibility index (Phi) is 12.1. The van der Waals surface area contributed by atoms with Gasteiger partial charge in [-0.3, -0.25) is 9.89 Å². The molecule has 1 aromatic rings. The molecule has 3 rings (SSSR count). The highest BCUT2D eigenvalue weighted by Gasteiger charge is 2.24. The molecule has 0 aliphatic carbocycles. The fourth-order valence-electron chi connectivity index (χ4n) is 4.06. The van der Waals surface area contributed by atoms with Crippen molar-refractivity contribution >= 4 is 29.9 Å². The highest BCUT2D eigenvalue weighted by atomic mass is 127. The molecule has 2 aliphatic rings. The van der Waals surface area contributed by atoms with Crippen molar-refractivity contribution in [2.45, 2.75) is 64.3 Å². The Morgan fingerprint density at radius 1 is 1.26 bits per heavy atom. The quantitative estimate of drug-likeness (QED) is 0.292. The molecule has 0 bridgehead atoms. The lowest BCUT2D eigenvalue weighted by molar-refractivity contribution is -0.0367. The van der Waals surface area contributed by atoms with Crippen LogP contribution in [-0.4, -0.2) is 80.4 Å². The van der Waals surface area contributed by atoms with Crippen molar-refractivity contribution in [3.05, 3.63) is 35.9 Å². The first kappa shape index (κ1) is 26.4. The Bertz CT molecular complexity index is 632. The third-order valence-electron chi connectivity index (χ3n) is 6.15. The van der Waals surface area contributed by atoms with E-state index in [9.17, 15) is 0 Å². The topological polar surface area (TPSA) is 49.3 Å². The summed E-state index contributed by atoms with van der Waals surface area (Å²) in [6, 6.07) is 11.0. The first-order valence-electron chi connectivity index (χ1n) is 11.7. The molecule has 0 spiro atoms. The highest BCUT2D eigenvalue weighted by molar-refractivity contribution is 14.0. The third-order valence-corrected chi connectivity index (χ3v) is 6.15. The number of aliphatic imine (C=N–C) groups is 1. The van der Waals surface area contributed by atoms with Gasteiger partial charge in [0, 0.05) is 38.8 Å². The predicted octanol–water partition coefficient (Wildman–Crippen LogP) is 3.75. The predicted molar refractivity (Wildman–Crippen MR) is 138 cm³/mol. The van der Waals surface area contributed by atoms with Crippen molar-refractivity contribution in [3.8, 4) is 0 Å². The zero-order valence-electron chi connectivity index (χ0n) is 19.5. The van der Waals surface area contributed by atoms with Gasteiger partial charge in [-0.1, -0.05) is 30.3 Å². The van der Waals surface area contributed by atoms with Crippen LogP contribution in [0, 0.1) is 0 Å². The molecule has 0 radical (unpaired) electrons. The van der Waals surface area contributed by atoms with E-state index in [0.29, 0.717) is 18.2 Å². The number of ether oxygens (including phenoxy) is 2. The van der Waals surface area contributed by atoms with E-state index in [4.69, 9.17) is 14.5 Å². The largest absolute Gasteiger partial charge is 0.376 e. The number of guanidine groups is 1. The number of hydrogen-bond donors (Lipinski definition) is 1. The minimum absolute atomic E-state index is 0. The normalized spacial score (nSPS) is 21.2. The Labute approximate surface area is 205 Å². The van der Waals surface area contributed by atoms with Crippen molar-refractivity contribution in [1.29, 1.82) is 0 Å². The Morgan fingerprint density at radius 2 is 2.00 bits per heavy atom. The van der Waals surface area contributed by atoms with E-state index in [1.807, 2.05) is 0 Å². The second-order valence-corrected chi connectivity index (χ2v) is 8.60. The van der Waals surface area contributed by atoms with Crippen molar-refractivity contribution in [1.82, 2.24) is 15.1 Å². The van der Waals surface area contributed by atoms with Gasteiger partial charge in [-0.25, -0.2) is 0 Å². The summed E-state index contributed by atoms with van der Waals surface area (Å²) in [4.78, 5) is 9.72. The monoisotopic (exact) mass is 544 g/mol. The van der Waals surface area contributed by atoms with Crippen LogP contribution >= 0.6 is 24.0 Å². The van der Waals surface area contributed by atoms with Crippen LogP contribution in [0.3, 0.4) is 0 Å². The highest BCUT2D eigenvalue weighted by Crippen LogP contribution is 2.18. The zero-order chi connectivity index (χ0) is 21.2. The maximum absolute atomic E-state index is 6.12. The lowest BCUT2D eigenvalue weighted by atomic mass is 10.1. The smallest absolute Gasteiger partial charge is 0.193 e. The molecule has 0 amide bonds. The number of halogens is 1.